The number of amides is 1. The number of benzene rings is 2. The van der Waals surface area contributed by atoms with Crippen LogP contribution >= 0.6 is 22.9 Å². The van der Waals surface area contributed by atoms with Gasteiger partial charge in [0.2, 0.25) is 0 Å². The summed E-state index contributed by atoms with van der Waals surface area (Å²) in [5.74, 6) is -0.0849. The van der Waals surface area contributed by atoms with Crippen LogP contribution in [0.25, 0.3) is 22.2 Å². The smallest absolute Gasteiger partial charge is 0.293 e. The van der Waals surface area contributed by atoms with E-state index in [1.54, 1.807) is 6.07 Å². The van der Waals surface area contributed by atoms with Crippen LogP contribution in [-0.4, -0.2) is 10.9 Å². The fourth-order valence-electron chi connectivity index (χ4n) is 2.65. The first-order valence-corrected chi connectivity index (χ1v) is 8.89. The number of fused-ring (bicyclic) bond motifs is 1. The highest BCUT2D eigenvalue weighted by Gasteiger charge is 2.20. The van der Waals surface area contributed by atoms with Crippen LogP contribution in [0.15, 0.2) is 58.3 Å². The molecule has 2 heterocycles. The van der Waals surface area contributed by atoms with Gasteiger partial charge in [0.25, 0.3) is 5.91 Å². The SMILES string of the molecule is Cc1c(C(=O)Nc2nc(-c3ccccc3)cs2)oc2c(Cl)cccc12. The van der Waals surface area contributed by atoms with Crippen LogP contribution in [0.5, 0.6) is 0 Å². The van der Waals surface area contributed by atoms with E-state index in [0.29, 0.717) is 15.7 Å². The number of hydrogen-bond donors (Lipinski definition) is 1. The van der Waals surface area contributed by atoms with Gasteiger partial charge in [-0.2, -0.15) is 0 Å². The monoisotopic (exact) mass is 368 g/mol. The van der Waals surface area contributed by atoms with Crippen LogP contribution < -0.4 is 5.32 Å². The number of aryl methyl sites for hydroxylation is 1. The maximum atomic E-state index is 12.6. The van der Waals surface area contributed by atoms with Crippen molar-refractivity contribution in [2.24, 2.45) is 0 Å². The summed E-state index contributed by atoms with van der Waals surface area (Å²) in [7, 11) is 0. The number of thiazole rings is 1. The van der Waals surface area contributed by atoms with E-state index in [1.807, 2.05) is 54.8 Å². The van der Waals surface area contributed by atoms with Gasteiger partial charge in [-0.3, -0.25) is 10.1 Å². The average Bonchev–Trinajstić information content (AvgIpc) is 3.22. The highest BCUT2D eigenvalue weighted by Crippen LogP contribution is 2.31. The topological polar surface area (TPSA) is 55.1 Å². The third-order valence-corrected chi connectivity index (χ3v) is 4.97. The fraction of sp³-hybridized carbons (Fsp3) is 0.0526. The normalized spacial score (nSPS) is 11.0. The quantitative estimate of drug-likeness (QED) is 0.499. The minimum Gasteiger partial charge on any atom is -0.449 e. The average molecular weight is 369 g/mol. The number of rotatable bonds is 3. The number of nitrogens with zero attached hydrogens (tertiary/aromatic N) is 1. The Morgan fingerprint density at radius 1 is 1.16 bits per heavy atom. The predicted molar refractivity (Wildman–Crippen MR) is 101 cm³/mol. The van der Waals surface area contributed by atoms with Gasteiger partial charge in [-0.15, -0.1) is 11.3 Å². The summed E-state index contributed by atoms with van der Waals surface area (Å²) in [6, 6.07) is 15.3. The van der Waals surface area contributed by atoms with Crippen molar-refractivity contribution in [3.05, 3.63) is 70.3 Å². The summed E-state index contributed by atoms with van der Waals surface area (Å²) in [5.41, 5.74) is 3.11. The molecule has 124 valence electrons. The molecule has 0 bridgehead atoms. The van der Waals surface area contributed by atoms with Crippen molar-refractivity contribution in [3.63, 3.8) is 0 Å². The molecular weight excluding hydrogens is 356 g/mol. The maximum Gasteiger partial charge on any atom is 0.293 e. The second-order valence-electron chi connectivity index (χ2n) is 5.53. The molecule has 4 nitrogen and oxygen atoms in total. The standard InChI is InChI=1S/C19H13ClN2O2S/c1-11-13-8-5-9-14(20)17(13)24-16(11)18(23)22-19-21-15(10-25-19)12-6-3-2-4-7-12/h2-10H,1H3,(H,21,22,23). The van der Waals surface area contributed by atoms with E-state index in [9.17, 15) is 4.79 Å². The third kappa shape index (κ3) is 2.92. The second kappa shape index (κ2) is 6.35. The summed E-state index contributed by atoms with van der Waals surface area (Å²) < 4.78 is 5.69. The van der Waals surface area contributed by atoms with Crippen molar-refractivity contribution in [1.29, 1.82) is 0 Å². The summed E-state index contributed by atoms with van der Waals surface area (Å²) in [6.07, 6.45) is 0. The van der Waals surface area contributed by atoms with E-state index in [-0.39, 0.29) is 11.7 Å². The summed E-state index contributed by atoms with van der Waals surface area (Å²) >= 11 is 7.52. The summed E-state index contributed by atoms with van der Waals surface area (Å²) in [6.45, 7) is 1.84. The number of hydrogen-bond acceptors (Lipinski definition) is 4. The Labute approximate surface area is 153 Å². The molecule has 0 saturated heterocycles. The Kier molecular flexibility index (Phi) is 4.03. The number of aromatic nitrogens is 1. The molecule has 0 saturated carbocycles. The maximum absolute atomic E-state index is 12.6. The molecule has 0 fully saturated rings. The Morgan fingerprint density at radius 3 is 2.72 bits per heavy atom. The Balaban J connectivity index is 1.62. The van der Waals surface area contributed by atoms with Crippen LogP contribution in [0.3, 0.4) is 0 Å². The van der Waals surface area contributed by atoms with Crippen molar-refractivity contribution in [3.8, 4) is 11.3 Å². The number of carbonyl (C=O) groups excluding carboxylic acids is 1. The van der Waals surface area contributed by atoms with E-state index in [1.165, 1.54) is 11.3 Å². The van der Waals surface area contributed by atoms with Crippen molar-refractivity contribution >= 4 is 44.9 Å². The molecule has 0 unspecified atom stereocenters. The predicted octanol–water partition coefficient (Wildman–Crippen LogP) is 5.77. The zero-order chi connectivity index (χ0) is 17.4. The lowest BCUT2D eigenvalue weighted by atomic mass is 10.1. The summed E-state index contributed by atoms with van der Waals surface area (Å²) in [4.78, 5) is 17.0. The lowest BCUT2D eigenvalue weighted by Gasteiger charge is -1.99. The van der Waals surface area contributed by atoms with Gasteiger partial charge in [-0.1, -0.05) is 54.1 Å². The highest BCUT2D eigenvalue weighted by molar-refractivity contribution is 7.14. The van der Waals surface area contributed by atoms with Crippen molar-refractivity contribution in [1.82, 2.24) is 4.98 Å². The van der Waals surface area contributed by atoms with Gasteiger partial charge in [0.05, 0.1) is 10.7 Å². The lowest BCUT2D eigenvalue weighted by molar-refractivity contribution is 0.0998. The Hall–Kier alpha value is -2.63. The molecule has 0 atom stereocenters. The molecule has 0 aliphatic heterocycles. The number of carbonyl (C=O) groups is 1. The first-order valence-electron chi connectivity index (χ1n) is 7.63. The largest absolute Gasteiger partial charge is 0.449 e. The van der Waals surface area contributed by atoms with Gasteiger partial charge < -0.3 is 4.42 Å². The molecule has 0 aliphatic rings. The van der Waals surface area contributed by atoms with Crippen molar-refractivity contribution < 1.29 is 9.21 Å². The van der Waals surface area contributed by atoms with Gasteiger partial charge >= 0.3 is 0 Å². The molecule has 4 rings (SSSR count). The van der Waals surface area contributed by atoms with Gasteiger partial charge in [0, 0.05) is 21.9 Å². The van der Waals surface area contributed by atoms with Crippen LogP contribution in [0.2, 0.25) is 5.02 Å². The van der Waals surface area contributed by atoms with Crippen molar-refractivity contribution in [2.75, 3.05) is 5.32 Å². The van der Waals surface area contributed by atoms with Gasteiger partial charge in [0.1, 0.15) is 0 Å². The van der Waals surface area contributed by atoms with E-state index >= 15 is 0 Å². The molecule has 0 aliphatic carbocycles. The molecule has 6 heteroatoms. The number of para-hydroxylation sites is 1. The second-order valence-corrected chi connectivity index (χ2v) is 6.80. The van der Waals surface area contributed by atoms with Crippen LogP contribution in [0.1, 0.15) is 16.1 Å². The molecular formula is C19H13ClN2O2S. The van der Waals surface area contributed by atoms with Gasteiger partial charge in [-0.05, 0) is 13.0 Å². The number of furan rings is 1. The van der Waals surface area contributed by atoms with E-state index in [0.717, 1.165) is 22.2 Å². The van der Waals surface area contributed by atoms with Crippen molar-refractivity contribution in [2.45, 2.75) is 6.92 Å². The molecule has 2 aromatic carbocycles. The Bertz CT molecular complexity index is 1070. The van der Waals surface area contributed by atoms with E-state index in [4.69, 9.17) is 16.0 Å². The molecule has 1 amide bonds. The zero-order valence-electron chi connectivity index (χ0n) is 13.2. The van der Waals surface area contributed by atoms with Gasteiger partial charge in [-0.25, -0.2) is 4.98 Å². The van der Waals surface area contributed by atoms with E-state index < -0.39 is 0 Å². The van der Waals surface area contributed by atoms with Crippen LogP contribution in [-0.2, 0) is 0 Å². The van der Waals surface area contributed by atoms with E-state index in [2.05, 4.69) is 10.3 Å². The molecule has 25 heavy (non-hydrogen) atoms. The fourth-order valence-corrected chi connectivity index (χ4v) is 3.58. The number of anilines is 1. The minimum absolute atomic E-state index is 0.250. The molecule has 4 aromatic rings. The number of halogens is 1. The molecule has 2 aromatic heterocycles. The van der Waals surface area contributed by atoms with Crippen LogP contribution in [0, 0.1) is 6.92 Å². The molecule has 0 spiro atoms. The first kappa shape index (κ1) is 15.9. The zero-order valence-corrected chi connectivity index (χ0v) is 14.8. The van der Waals surface area contributed by atoms with Gasteiger partial charge in [0.15, 0.2) is 16.5 Å². The highest BCUT2D eigenvalue weighted by atomic mass is 35.5. The lowest BCUT2D eigenvalue weighted by Crippen LogP contribution is -2.11. The van der Waals surface area contributed by atoms with Crippen LogP contribution in [0.4, 0.5) is 5.13 Å². The Morgan fingerprint density at radius 2 is 1.96 bits per heavy atom. The third-order valence-electron chi connectivity index (χ3n) is 3.92. The summed E-state index contributed by atoms with van der Waals surface area (Å²) in [5, 5.41) is 6.56. The minimum atomic E-state index is -0.335. The first-order chi connectivity index (χ1) is 12.1. The number of nitrogens with one attached hydrogen (secondary N) is 1. The molecule has 0 radical (unpaired) electrons. The molecule has 1 N–H and O–H groups in total.